The van der Waals surface area contributed by atoms with Gasteiger partial charge in [-0.25, -0.2) is 0 Å². The molecule has 0 aliphatic carbocycles. The molecule has 0 spiro atoms. The summed E-state index contributed by atoms with van der Waals surface area (Å²) in [6.07, 6.45) is 1.52. The van der Waals surface area contributed by atoms with Crippen LogP contribution in [0.3, 0.4) is 0 Å². The van der Waals surface area contributed by atoms with Gasteiger partial charge in [-0.1, -0.05) is 12.1 Å². The van der Waals surface area contributed by atoms with Crippen LogP contribution in [0.15, 0.2) is 18.2 Å². The molecule has 3 fully saturated rings. The SMILES string of the molecule is COc1cccc2c1[C@H]1CO[C@@H]3[C@H]4C[C@H](C(=O)O)[C@H]([C@H](C2)N13)N4C. The van der Waals surface area contributed by atoms with E-state index >= 15 is 0 Å². The zero-order valence-electron chi connectivity index (χ0n) is 13.9. The van der Waals surface area contributed by atoms with Crippen LogP contribution in [0.5, 0.6) is 5.75 Å². The molecule has 5 rings (SSSR count). The van der Waals surface area contributed by atoms with Gasteiger partial charge in [0.15, 0.2) is 0 Å². The number of nitrogens with zero attached hydrogens (tertiary/aromatic N) is 2. The highest BCUT2D eigenvalue weighted by molar-refractivity contribution is 5.72. The van der Waals surface area contributed by atoms with Gasteiger partial charge in [-0.15, -0.1) is 0 Å². The highest BCUT2D eigenvalue weighted by Gasteiger charge is 2.62. The maximum atomic E-state index is 11.8. The highest BCUT2D eigenvalue weighted by Crippen LogP contribution is 2.52. The van der Waals surface area contributed by atoms with E-state index in [4.69, 9.17) is 9.47 Å². The molecule has 6 nitrogen and oxygen atoms in total. The van der Waals surface area contributed by atoms with Crippen LogP contribution in [-0.2, 0) is 16.0 Å². The van der Waals surface area contributed by atoms with Crippen LogP contribution >= 0.6 is 0 Å². The summed E-state index contributed by atoms with van der Waals surface area (Å²) in [4.78, 5) is 16.5. The van der Waals surface area contributed by atoms with E-state index in [1.807, 2.05) is 12.1 Å². The van der Waals surface area contributed by atoms with Crippen molar-refractivity contribution in [2.24, 2.45) is 5.92 Å². The molecule has 1 aromatic rings. The number of aliphatic carboxylic acids is 1. The lowest BCUT2D eigenvalue weighted by atomic mass is 9.82. The lowest BCUT2D eigenvalue weighted by molar-refractivity contribution is -0.144. The first-order valence-electron chi connectivity index (χ1n) is 8.61. The van der Waals surface area contributed by atoms with E-state index in [0.717, 1.165) is 12.2 Å². The number of carboxylic acids is 1. The average molecular weight is 330 g/mol. The van der Waals surface area contributed by atoms with Crippen molar-refractivity contribution in [2.75, 3.05) is 20.8 Å². The van der Waals surface area contributed by atoms with Crippen molar-refractivity contribution < 1.29 is 19.4 Å². The fourth-order valence-electron chi connectivity index (χ4n) is 5.63. The number of ether oxygens (including phenoxy) is 2. The molecular weight excluding hydrogens is 308 g/mol. The number of hydrogen-bond acceptors (Lipinski definition) is 5. The summed E-state index contributed by atoms with van der Waals surface area (Å²) in [5, 5.41) is 9.71. The van der Waals surface area contributed by atoms with Gasteiger partial charge < -0.3 is 14.6 Å². The molecule has 6 atom stereocenters. The van der Waals surface area contributed by atoms with E-state index in [1.165, 1.54) is 11.1 Å². The third kappa shape index (κ3) is 1.68. The first-order valence-corrected chi connectivity index (χ1v) is 8.61. The normalized spacial score (nSPS) is 40.2. The zero-order valence-corrected chi connectivity index (χ0v) is 13.9. The van der Waals surface area contributed by atoms with Gasteiger partial charge in [0.1, 0.15) is 12.0 Å². The molecule has 4 heterocycles. The average Bonchev–Trinajstić information content (AvgIpc) is 3.10. The number of methoxy groups -OCH3 is 1. The Balaban J connectivity index is 1.64. The minimum absolute atomic E-state index is 0.0105. The molecule has 4 aliphatic rings. The molecule has 2 bridgehead atoms. The first kappa shape index (κ1) is 14.7. The number of fused-ring (bicyclic) bond motifs is 6. The smallest absolute Gasteiger partial charge is 0.308 e. The van der Waals surface area contributed by atoms with Gasteiger partial charge in [0.05, 0.1) is 31.7 Å². The van der Waals surface area contributed by atoms with Crippen LogP contribution in [0.1, 0.15) is 23.6 Å². The molecule has 0 aromatic heterocycles. The summed E-state index contributed by atoms with van der Waals surface area (Å²) in [6, 6.07) is 6.76. The molecule has 6 heteroatoms. The Hall–Kier alpha value is -1.63. The zero-order chi connectivity index (χ0) is 16.6. The molecule has 0 amide bonds. The molecule has 0 unspecified atom stereocenters. The van der Waals surface area contributed by atoms with Crippen LogP contribution in [0.4, 0.5) is 0 Å². The van der Waals surface area contributed by atoms with E-state index in [9.17, 15) is 9.90 Å². The number of carboxylic acid groups (broad SMARTS) is 1. The number of rotatable bonds is 2. The van der Waals surface area contributed by atoms with Gasteiger partial charge in [0, 0.05) is 17.6 Å². The Morgan fingerprint density at radius 2 is 2.21 bits per heavy atom. The summed E-state index contributed by atoms with van der Waals surface area (Å²) >= 11 is 0. The molecular formula is C18H22N2O4. The predicted molar refractivity (Wildman–Crippen MR) is 85.9 cm³/mol. The lowest BCUT2D eigenvalue weighted by Crippen LogP contribution is -2.64. The quantitative estimate of drug-likeness (QED) is 0.876. The summed E-state index contributed by atoms with van der Waals surface area (Å²) in [5.41, 5.74) is 2.50. The number of piperazine rings is 1. The number of benzene rings is 1. The minimum Gasteiger partial charge on any atom is -0.496 e. The van der Waals surface area contributed by atoms with Crippen molar-refractivity contribution >= 4 is 5.97 Å². The summed E-state index contributed by atoms with van der Waals surface area (Å²) in [6.45, 7) is 0.656. The molecule has 4 aliphatic heterocycles. The molecule has 24 heavy (non-hydrogen) atoms. The van der Waals surface area contributed by atoms with Crippen LogP contribution in [0, 0.1) is 5.92 Å². The summed E-state index contributed by atoms with van der Waals surface area (Å²) < 4.78 is 11.8. The van der Waals surface area contributed by atoms with Crippen molar-refractivity contribution in [3.05, 3.63) is 29.3 Å². The molecule has 128 valence electrons. The molecule has 0 radical (unpaired) electrons. The maximum Gasteiger partial charge on any atom is 0.308 e. The Kier molecular flexibility index (Phi) is 3.02. The maximum absolute atomic E-state index is 11.8. The van der Waals surface area contributed by atoms with Gasteiger partial charge in [0.2, 0.25) is 0 Å². The molecule has 1 aromatic carbocycles. The van der Waals surface area contributed by atoms with Crippen LogP contribution < -0.4 is 4.74 Å². The highest BCUT2D eigenvalue weighted by atomic mass is 16.5. The second-order valence-electron chi connectivity index (χ2n) is 7.40. The first-order chi connectivity index (χ1) is 11.6. The Morgan fingerprint density at radius 3 is 2.96 bits per heavy atom. The fraction of sp³-hybridized carbons (Fsp3) is 0.611. The number of likely N-dealkylation sites (N-methyl/N-ethyl adjacent to an activating group) is 1. The fourth-order valence-corrected chi connectivity index (χ4v) is 5.63. The van der Waals surface area contributed by atoms with Gasteiger partial charge in [-0.05, 0) is 31.5 Å². The molecule has 3 saturated heterocycles. The van der Waals surface area contributed by atoms with Crippen LogP contribution in [0.25, 0.3) is 0 Å². The van der Waals surface area contributed by atoms with Crippen molar-refractivity contribution in [2.45, 2.75) is 43.2 Å². The number of hydrogen-bond donors (Lipinski definition) is 1. The monoisotopic (exact) mass is 330 g/mol. The van der Waals surface area contributed by atoms with Gasteiger partial charge in [0.25, 0.3) is 0 Å². The van der Waals surface area contributed by atoms with Crippen molar-refractivity contribution in [3.8, 4) is 5.75 Å². The topological polar surface area (TPSA) is 62.2 Å². The summed E-state index contributed by atoms with van der Waals surface area (Å²) in [7, 11) is 3.77. The van der Waals surface area contributed by atoms with Gasteiger partial charge >= 0.3 is 5.97 Å². The Morgan fingerprint density at radius 1 is 1.38 bits per heavy atom. The van der Waals surface area contributed by atoms with Crippen molar-refractivity contribution in [1.82, 2.24) is 9.80 Å². The second-order valence-corrected chi connectivity index (χ2v) is 7.40. The molecule has 0 saturated carbocycles. The largest absolute Gasteiger partial charge is 0.496 e. The van der Waals surface area contributed by atoms with E-state index in [-0.39, 0.29) is 36.3 Å². The third-order valence-corrected chi connectivity index (χ3v) is 6.54. The van der Waals surface area contributed by atoms with Crippen LogP contribution in [0.2, 0.25) is 0 Å². The predicted octanol–water partition coefficient (Wildman–Crippen LogP) is 1.11. The van der Waals surface area contributed by atoms with E-state index in [1.54, 1.807) is 7.11 Å². The lowest BCUT2D eigenvalue weighted by Gasteiger charge is -2.51. The summed E-state index contributed by atoms with van der Waals surface area (Å²) in [5.74, 6) is -0.0724. The van der Waals surface area contributed by atoms with Gasteiger partial charge in [-0.3, -0.25) is 14.6 Å². The Bertz CT molecular complexity index is 708. The van der Waals surface area contributed by atoms with Crippen molar-refractivity contribution in [1.29, 1.82) is 0 Å². The van der Waals surface area contributed by atoms with Crippen LogP contribution in [-0.4, -0.2) is 66.0 Å². The standard InChI is InChI=1S/C18H22N2O4/c1-19-12-7-10(18(21)22)16(19)11-6-9-4-3-5-14(23-2)15(9)13-8-24-17(12)20(11)13/h3-5,10-13,16-17H,6-8H2,1-2H3,(H,21,22)/t10-,11-,12+,13+,16+,17+/m0/s1. The Labute approximate surface area is 140 Å². The van der Waals surface area contributed by atoms with E-state index < -0.39 is 5.97 Å². The van der Waals surface area contributed by atoms with Crippen molar-refractivity contribution in [3.63, 3.8) is 0 Å². The van der Waals surface area contributed by atoms with E-state index in [0.29, 0.717) is 13.0 Å². The molecule has 1 N–H and O–H groups in total. The van der Waals surface area contributed by atoms with E-state index in [2.05, 4.69) is 22.9 Å². The minimum atomic E-state index is -0.677. The third-order valence-electron chi connectivity index (χ3n) is 6.54. The second kappa shape index (κ2) is 4.94. The number of carbonyl (C=O) groups is 1. The van der Waals surface area contributed by atoms with Gasteiger partial charge in [-0.2, -0.15) is 0 Å².